The molecule has 0 radical (unpaired) electrons. The van der Waals surface area contributed by atoms with Crippen LogP contribution in [0.4, 0.5) is 17.6 Å². The molecule has 4 rings (SSSR count). The Bertz CT molecular complexity index is 1780. The number of amides is 2. The van der Waals surface area contributed by atoms with Gasteiger partial charge >= 0.3 is 19.5 Å². The molecule has 17 nitrogen and oxygen atoms in total. The molecule has 0 fully saturated rings. The van der Waals surface area contributed by atoms with E-state index in [0.717, 1.165) is 12.8 Å². The van der Waals surface area contributed by atoms with Gasteiger partial charge in [-0.05, 0) is 94.8 Å². The molecule has 0 saturated carbocycles. The van der Waals surface area contributed by atoms with Gasteiger partial charge in [0.25, 0.3) is 11.8 Å². The summed E-state index contributed by atoms with van der Waals surface area (Å²) in [5.74, 6) is -1.70. The third-order valence-electron chi connectivity index (χ3n) is 6.62. The Morgan fingerprint density at radius 3 is 2.19 bits per heavy atom. The van der Waals surface area contributed by atoms with Crippen molar-refractivity contribution in [2.24, 2.45) is 0 Å². The summed E-state index contributed by atoms with van der Waals surface area (Å²) >= 11 is 17.9. The van der Waals surface area contributed by atoms with E-state index in [2.05, 4.69) is 37.0 Å². The molecule has 2 heterocycles. The lowest BCUT2D eigenvalue weighted by atomic mass is 9.93. The second-order valence-corrected chi connectivity index (χ2v) is 14.1. The summed E-state index contributed by atoms with van der Waals surface area (Å²) in [6.07, 6.45) is 3.85. The van der Waals surface area contributed by atoms with Crippen LogP contribution in [0.25, 0.3) is 6.08 Å². The Hall–Kier alpha value is -4.14. The van der Waals surface area contributed by atoms with Gasteiger partial charge in [0, 0.05) is 22.7 Å². The summed E-state index contributed by atoms with van der Waals surface area (Å²) in [6.45, 7) is 7.48. The van der Waals surface area contributed by atoms with Gasteiger partial charge in [0.15, 0.2) is 0 Å². The maximum absolute atomic E-state index is 12.7. The summed E-state index contributed by atoms with van der Waals surface area (Å²) in [6, 6.07) is 6.82. The third kappa shape index (κ3) is 14.1. The van der Waals surface area contributed by atoms with Crippen LogP contribution in [-0.4, -0.2) is 85.1 Å². The highest BCUT2D eigenvalue weighted by molar-refractivity contribution is 7.51. The topological polar surface area (TPSA) is 257 Å². The van der Waals surface area contributed by atoms with Gasteiger partial charge in [0.2, 0.25) is 17.2 Å². The summed E-state index contributed by atoms with van der Waals surface area (Å²) in [5.41, 5.74) is 1.29. The number of aromatic nitrogens is 3. The molecule has 0 spiro atoms. The number of anilines is 3. The lowest BCUT2D eigenvalue weighted by Gasteiger charge is -2.17. The number of hydrogen-bond acceptors (Lipinski definition) is 13. The molecule has 0 saturated heterocycles. The summed E-state index contributed by atoms with van der Waals surface area (Å²) < 4.78 is 14.9. The molecule has 1 aliphatic carbocycles. The van der Waals surface area contributed by atoms with Crippen molar-refractivity contribution in [2.75, 3.05) is 41.5 Å². The van der Waals surface area contributed by atoms with Crippen LogP contribution >= 0.6 is 42.4 Å². The molecule has 1 aromatic heterocycles. The lowest BCUT2D eigenvalue weighted by Crippen LogP contribution is -2.31. The van der Waals surface area contributed by atoms with Crippen molar-refractivity contribution in [1.29, 1.82) is 5.26 Å². The number of rotatable bonds is 12. The Balaban J connectivity index is 0.000000307. The van der Waals surface area contributed by atoms with Gasteiger partial charge in [-0.1, -0.05) is 23.2 Å². The molecule has 1 aliphatic heterocycles. The predicted octanol–water partition coefficient (Wildman–Crippen LogP) is 4.69. The van der Waals surface area contributed by atoms with Gasteiger partial charge in [-0.15, -0.1) is 0 Å². The number of halogens is 3. The van der Waals surface area contributed by atoms with Gasteiger partial charge in [0.05, 0.1) is 31.2 Å². The van der Waals surface area contributed by atoms with Crippen molar-refractivity contribution in [2.45, 2.75) is 58.9 Å². The van der Waals surface area contributed by atoms with E-state index >= 15 is 0 Å². The number of esters is 1. The number of nitrogens with zero attached hydrogens (tertiary/aromatic N) is 5. The zero-order valence-electron chi connectivity index (χ0n) is 28.6. The van der Waals surface area contributed by atoms with Crippen LogP contribution in [-0.2, 0) is 28.5 Å². The second kappa shape index (κ2) is 20.2. The molecule has 1 aromatic carbocycles. The first-order valence-corrected chi connectivity index (χ1v) is 18.5. The summed E-state index contributed by atoms with van der Waals surface area (Å²) in [4.78, 5) is 76.2. The number of ether oxygens (including phenoxy) is 1. The molecule has 282 valence electrons. The standard InChI is InChI=1S/C19H17Cl2NO4.C9H13ClN6.C3H8NO5P/c1-2-26-19(25)16(21)10-11-9-12(7-8-15(11)20)22-17(23)13-5-3-4-6-14(13)18(22)24;1-4-12-7-13-6(10)14-8(15-7)16-9(2,3)5-11;5-3(6)1-4-2-10(7,8)9/h7-10H,2-6H2,1H3;4H2,1-3H3,(H2,12,13,14,15,16);4H,1-2H2,(H,5,6)(H2,7,8,9)/b16-10-;;. The van der Waals surface area contributed by atoms with Crippen LogP contribution in [0.5, 0.6) is 0 Å². The van der Waals surface area contributed by atoms with Gasteiger partial charge in [-0.3, -0.25) is 24.3 Å². The molecule has 2 aromatic rings. The number of hydrogen-bond donors (Lipinski definition) is 6. The molecule has 2 aliphatic rings. The van der Waals surface area contributed by atoms with Crippen LogP contribution in [0.1, 0.15) is 58.9 Å². The zero-order chi connectivity index (χ0) is 39.2. The van der Waals surface area contributed by atoms with E-state index in [4.69, 9.17) is 59.7 Å². The number of aliphatic carboxylic acids is 1. The van der Waals surface area contributed by atoms with Crippen LogP contribution < -0.4 is 20.9 Å². The molecule has 0 bridgehead atoms. The lowest BCUT2D eigenvalue weighted by molar-refractivity contribution is -0.138. The van der Waals surface area contributed by atoms with Crippen molar-refractivity contribution in [1.82, 2.24) is 20.3 Å². The van der Waals surface area contributed by atoms with Crippen LogP contribution in [0.2, 0.25) is 10.3 Å². The first-order chi connectivity index (χ1) is 24.3. The highest BCUT2D eigenvalue weighted by Gasteiger charge is 2.39. The van der Waals surface area contributed by atoms with Crippen LogP contribution in [0.15, 0.2) is 34.4 Å². The fraction of sp³-hybridized carbons (Fsp3) is 0.419. The molecule has 0 unspecified atom stereocenters. The van der Waals surface area contributed by atoms with E-state index in [9.17, 15) is 23.7 Å². The van der Waals surface area contributed by atoms with Gasteiger partial charge in [0.1, 0.15) is 10.6 Å². The van der Waals surface area contributed by atoms with E-state index in [0.29, 0.717) is 52.8 Å². The number of carboxylic acid groups (broad SMARTS) is 1. The molecular formula is C31H38Cl3N8O9P. The van der Waals surface area contributed by atoms with Crippen molar-refractivity contribution in [3.8, 4) is 6.07 Å². The Labute approximate surface area is 314 Å². The van der Waals surface area contributed by atoms with Crippen molar-refractivity contribution in [3.63, 3.8) is 0 Å². The largest absolute Gasteiger partial charge is 0.480 e. The third-order valence-corrected chi connectivity index (χ3v) is 8.03. The number of benzene rings is 1. The Morgan fingerprint density at radius 1 is 1.08 bits per heavy atom. The summed E-state index contributed by atoms with van der Waals surface area (Å²) in [5, 5.41) is 25.0. The van der Waals surface area contributed by atoms with E-state index in [1.807, 2.05) is 6.92 Å². The van der Waals surface area contributed by atoms with Gasteiger partial charge in [-0.25, -0.2) is 9.69 Å². The van der Waals surface area contributed by atoms with E-state index in [1.54, 1.807) is 39.0 Å². The van der Waals surface area contributed by atoms with Crippen LogP contribution in [0, 0.1) is 11.3 Å². The molecule has 0 atom stereocenters. The highest BCUT2D eigenvalue weighted by atomic mass is 35.5. The van der Waals surface area contributed by atoms with Crippen molar-refractivity contribution < 1.29 is 43.4 Å². The van der Waals surface area contributed by atoms with Gasteiger partial charge < -0.3 is 30.3 Å². The number of carboxylic acids is 1. The first-order valence-electron chi connectivity index (χ1n) is 15.6. The fourth-order valence-electron chi connectivity index (χ4n) is 4.41. The minimum Gasteiger partial charge on any atom is -0.480 e. The Morgan fingerprint density at radius 2 is 1.67 bits per heavy atom. The highest BCUT2D eigenvalue weighted by Crippen LogP contribution is 2.37. The van der Waals surface area contributed by atoms with E-state index in [1.165, 1.54) is 11.0 Å². The quantitative estimate of drug-likeness (QED) is 0.0736. The zero-order valence-corrected chi connectivity index (χ0v) is 31.7. The number of carbonyl (C=O) groups is 4. The average Bonchev–Trinajstić information content (AvgIpc) is 3.31. The van der Waals surface area contributed by atoms with Crippen LogP contribution in [0.3, 0.4) is 0 Å². The molecule has 52 heavy (non-hydrogen) atoms. The normalized spacial score (nSPS) is 14.3. The fourth-order valence-corrected chi connectivity index (χ4v) is 5.32. The van der Waals surface area contributed by atoms with Gasteiger partial charge in [-0.2, -0.15) is 20.2 Å². The first kappa shape index (κ1) is 44.0. The average molecular weight is 804 g/mol. The number of nitrogens with one attached hydrogen (secondary N) is 3. The monoisotopic (exact) mass is 802 g/mol. The van der Waals surface area contributed by atoms with E-state index in [-0.39, 0.29) is 34.7 Å². The minimum absolute atomic E-state index is 0.0854. The van der Waals surface area contributed by atoms with E-state index < -0.39 is 37.9 Å². The number of nitriles is 1. The minimum atomic E-state index is -4.10. The maximum Gasteiger partial charge on any atom is 0.349 e. The van der Waals surface area contributed by atoms with Crippen molar-refractivity contribution >= 4 is 89.8 Å². The molecule has 2 amide bonds. The number of carbonyl (C=O) groups excluding carboxylic acids is 3. The maximum atomic E-state index is 12.7. The number of imide groups is 1. The smallest absolute Gasteiger partial charge is 0.349 e. The molecular weight excluding hydrogens is 766 g/mol. The second-order valence-electron chi connectivity index (χ2n) is 11.3. The van der Waals surface area contributed by atoms with Crippen molar-refractivity contribution in [3.05, 3.63) is 50.2 Å². The molecule has 6 N–H and O–H groups in total. The SMILES string of the molecule is CCNc1nc(Cl)nc(NC(C)(C)C#N)n1.CCOC(=O)/C(Cl)=C/c1cc(N2C(=O)C3=C(CCCC3)C2=O)ccc1Cl.O=C(O)CNCP(=O)(O)O. The Kier molecular flexibility index (Phi) is 17.1. The summed E-state index contributed by atoms with van der Waals surface area (Å²) in [7, 11) is -4.10. The predicted molar refractivity (Wildman–Crippen MR) is 195 cm³/mol. The molecule has 21 heteroatoms.